The molecule has 7 heteroatoms. The maximum absolute atomic E-state index is 13.9. The van der Waals surface area contributed by atoms with Crippen LogP contribution >= 0.6 is 23.2 Å². The van der Waals surface area contributed by atoms with Crippen molar-refractivity contribution in [1.82, 2.24) is 9.80 Å². The molecule has 35 heavy (non-hydrogen) atoms. The summed E-state index contributed by atoms with van der Waals surface area (Å²) >= 11 is 12.5. The summed E-state index contributed by atoms with van der Waals surface area (Å²) in [4.78, 5) is 30.3. The van der Waals surface area contributed by atoms with E-state index < -0.39 is 12.0 Å². The molecule has 2 aliphatic rings. The molecule has 2 fully saturated rings. The third-order valence-corrected chi connectivity index (χ3v) is 7.59. The standard InChI is InChI=1S/C28H26Cl2N2O3/c29-25-12-11-21(14-26(25)30)23-16-31(15-20-9-5-2-6-10-20)17-24(23)27(33)32-22(18-35-28(32)34)13-19-7-3-1-4-8-19/h1-12,14,22-24H,13,15-18H2/t22?,23-,24+/m1/s1. The fraction of sp³-hybridized carbons (Fsp3) is 0.286. The second kappa shape index (κ2) is 10.4. The lowest BCUT2D eigenvalue weighted by molar-refractivity contribution is -0.133. The molecule has 180 valence electrons. The van der Waals surface area contributed by atoms with Gasteiger partial charge in [-0.1, -0.05) is 89.9 Å². The van der Waals surface area contributed by atoms with Crippen LogP contribution in [0.4, 0.5) is 4.79 Å². The number of nitrogens with zero attached hydrogens (tertiary/aromatic N) is 2. The maximum atomic E-state index is 13.9. The zero-order valence-electron chi connectivity index (χ0n) is 19.1. The Labute approximate surface area is 215 Å². The Kier molecular flexibility index (Phi) is 7.09. The normalized spacial score (nSPS) is 22.4. The van der Waals surface area contributed by atoms with E-state index in [4.69, 9.17) is 27.9 Å². The molecule has 0 saturated carbocycles. The molecule has 0 N–H and O–H groups in total. The molecule has 1 unspecified atom stereocenters. The molecule has 3 aromatic rings. The largest absolute Gasteiger partial charge is 0.447 e. The van der Waals surface area contributed by atoms with Crippen molar-refractivity contribution in [3.63, 3.8) is 0 Å². The predicted molar refractivity (Wildman–Crippen MR) is 137 cm³/mol. The van der Waals surface area contributed by atoms with Crippen LogP contribution in [-0.4, -0.2) is 47.5 Å². The Hall–Kier alpha value is -2.86. The number of cyclic esters (lactones) is 1. The summed E-state index contributed by atoms with van der Waals surface area (Å²) in [5.41, 5.74) is 3.18. The average Bonchev–Trinajstić information content (AvgIpc) is 3.45. The number of hydrogen-bond acceptors (Lipinski definition) is 4. The van der Waals surface area contributed by atoms with Gasteiger partial charge in [0.1, 0.15) is 6.61 Å². The third-order valence-electron chi connectivity index (χ3n) is 6.85. The van der Waals surface area contributed by atoms with Crippen molar-refractivity contribution in [3.8, 4) is 0 Å². The second-order valence-electron chi connectivity index (χ2n) is 9.19. The molecule has 2 amide bonds. The molecular formula is C28H26Cl2N2O3. The number of carbonyl (C=O) groups excluding carboxylic acids is 2. The van der Waals surface area contributed by atoms with Gasteiger partial charge in [-0.25, -0.2) is 9.69 Å². The van der Waals surface area contributed by atoms with Gasteiger partial charge in [-0.15, -0.1) is 0 Å². The van der Waals surface area contributed by atoms with Crippen molar-refractivity contribution in [3.05, 3.63) is 106 Å². The van der Waals surface area contributed by atoms with Crippen molar-refractivity contribution in [1.29, 1.82) is 0 Å². The summed E-state index contributed by atoms with van der Waals surface area (Å²) < 4.78 is 5.34. The van der Waals surface area contributed by atoms with Crippen molar-refractivity contribution >= 4 is 35.2 Å². The minimum absolute atomic E-state index is 0.119. The van der Waals surface area contributed by atoms with Gasteiger partial charge < -0.3 is 4.74 Å². The van der Waals surface area contributed by atoms with Crippen LogP contribution < -0.4 is 0 Å². The van der Waals surface area contributed by atoms with Gasteiger partial charge in [-0.05, 0) is 35.2 Å². The molecule has 3 atom stereocenters. The van der Waals surface area contributed by atoms with E-state index in [0.29, 0.717) is 29.6 Å². The number of amides is 2. The quantitative estimate of drug-likeness (QED) is 0.422. The molecule has 5 nitrogen and oxygen atoms in total. The topological polar surface area (TPSA) is 49.9 Å². The summed E-state index contributed by atoms with van der Waals surface area (Å²) in [6.45, 7) is 2.15. The van der Waals surface area contributed by atoms with E-state index in [-0.39, 0.29) is 24.5 Å². The van der Waals surface area contributed by atoms with Crippen molar-refractivity contribution in [2.45, 2.75) is 24.9 Å². The van der Waals surface area contributed by atoms with E-state index in [1.807, 2.05) is 60.7 Å². The molecule has 0 radical (unpaired) electrons. The van der Waals surface area contributed by atoms with Gasteiger partial charge in [-0.2, -0.15) is 0 Å². The van der Waals surface area contributed by atoms with Gasteiger partial charge >= 0.3 is 6.09 Å². The summed E-state index contributed by atoms with van der Waals surface area (Å²) in [5.74, 6) is -0.716. The molecular weight excluding hydrogens is 483 g/mol. The Bertz CT molecular complexity index is 1210. The van der Waals surface area contributed by atoms with E-state index >= 15 is 0 Å². The number of benzene rings is 3. The number of carbonyl (C=O) groups is 2. The van der Waals surface area contributed by atoms with Crippen LogP contribution in [0.3, 0.4) is 0 Å². The van der Waals surface area contributed by atoms with E-state index in [1.54, 1.807) is 6.07 Å². The molecule has 5 rings (SSSR count). The first-order valence-corrected chi connectivity index (χ1v) is 12.5. The molecule has 2 saturated heterocycles. The highest BCUT2D eigenvalue weighted by molar-refractivity contribution is 6.42. The summed E-state index contributed by atoms with van der Waals surface area (Å²) in [7, 11) is 0. The van der Waals surface area contributed by atoms with E-state index in [0.717, 1.165) is 17.7 Å². The highest BCUT2D eigenvalue weighted by Crippen LogP contribution is 2.38. The Morgan fingerprint density at radius 3 is 2.26 bits per heavy atom. The summed E-state index contributed by atoms with van der Waals surface area (Å²) in [6, 6.07) is 25.2. The molecule has 0 aliphatic carbocycles. The SMILES string of the molecule is O=C1OCC(Cc2ccccc2)N1C(=O)[C@H]1CN(Cc2ccccc2)C[C@@H]1c1ccc(Cl)c(Cl)c1. The first-order valence-electron chi connectivity index (χ1n) is 11.7. The van der Waals surface area contributed by atoms with Gasteiger partial charge in [0, 0.05) is 25.6 Å². The summed E-state index contributed by atoms with van der Waals surface area (Å²) in [6.07, 6.45) is 0.00117. The highest BCUT2D eigenvalue weighted by atomic mass is 35.5. The molecule has 0 bridgehead atoms. The van der Waals surface area contributed by atoms with Crippen molar-refractivity contribution in [2.75, 3.05) is 19.7 Å². The van der Waals surface area contributed by atoms with Crippen LogP contribution in [0.1, 0.15) is 22.6 Å². The number of halogens is 2. The molecule has 0 aromatic heterocycles. The Morgan fingerprint density at radius 2 is 1.57 bits per heavy atom. The van der Waals surface area contributed by atoms with Crippen LogP contribution in [0.15, 0.2) is 78.9 Å². The van der Waals surface area contributed by atoms with Crippen LogP contribution in [-0.2, 0) is 22.5 Å². The maximum Gasteiger partial charge on any atom is 0.416 e. The number of likely N-dealkylation sites (tertiary alicyclic amines) is 1. The first kappa shape index (κ1) is 23.9. The molecule has 2 heterocycles. The van der Waals surface area contributed by atoms with Crippen LogP contribution in [0, 0.1) is 5.92 Å². The van der Waals surface area contributed by atoms with Crippen molar-refractivity contribution < 1.29 is 14.3 Å². The molecule has 3 aromatic carbocycles. The number of hydrogen-bond donors (Lipinski definition) is 0. The average molecular weight is 509 g/mol. The van der Waals surface area contributed by atoms with Gasteiger partial charge in [0.15, 0.2) is 0 Å². The smallest absolute Gasteiger partial charge is 0.416 e. The lowest BCUT2D eigenvalue weighted by Crippen LogP contribution is -2.45. The third kappa shape index (κ3) is 5.22. The second-order valence-corrected chi connectivity index (χ2v) is 10.0. The lowest BCUT2D eigenvalue weighted by Gasteiger charge is -2.26. The number of imide groups is 1. The van der Waals surface area contributed by atoms with Crippen LogP contribution in [0.2, 0.25) is 10.0 Å². The van der Waals surface area contributed by atoms with Crippen molar-refractivity contribution in [2.24, 2.45) is 5.92 Å². The van der Waals surface area contributed by atoms with E-state index in [9.17, 15) is 9.59 Å². The zero-order chi connectivity index (χ0) is 24.4. The number of rotatable bonds is 6. The Balaban J connectivity index is 1.42. The van der Waals surface area contributed by atoms with Gasteiger partial charge in [-0.3, -0.25) is 9.69 Å². The Morgan fingerprint density at radius 1 is 0.886 bits per heavy atom. The minimum atomic E-state index is -0.565. The fourth-order valence-electron chi connectivity index (χ4n) is 5.13. The fourth-order valence-corrected chi connectivity index (χ4v) is 5.44. The predicted octanol–water partition coefficient (Wildman–Crippen LogP) is 5.80. The monoisotopic (exact) mass is 508 g/mol. The first-order chi connectivity index (χ1) is 17.0. The highest BCUT2D eigenvalue weighted by Gasteiger charge is 2.46. The van der Waals surface area contributed by atoms with E-state index in [1.165, 1.54) is 10.5 Å². The van der Waals surface area contributed by atoms with Gasteiger partial charge in [0.2, 0.25) is 5.91 Å². The van der Waals surface area contributed by atoms with E-state index in [2.05, 4.69) is 17.0 Å². The van der Waals surface area contributed by atoms with Crippen LogP contribution in [0.5, 0.6) is 0 Å². The van der Waals surface area contributed by atoms with Crippen LogP contribution in [0.25, 0.3) is 0 Å². The van der Waals surface area contributed by atoms with Gasteiger partial charge in [0.05, 0.1) is 22.0 Å². The zero-order valence-corrected chi connectivity index (χ0v) is 20.7. The summed E-state index contributed by atoms with van der Waals surface area (Å²) in [5, 5.41) is 0.933. The minimum Gasteiger partial charge on any atom is -0.447 e. The molecule has 2 aliphatic heterocycles. The molecule has 0 spiro atoms. The number of ether oxygens (including phenoxy) is 1. The lowest BCUT2D eigenvalue weighted by atomic mass is 9.87. The van der Waals surface area contributed by atoms with Gasteiger partial charge in [0.25, 0.3) is 0 Å².